The van der Waals surface area contributed by atoms with Crippen LogP contribution in [0.5, 0.6) is 5.75 Å². The highest BCUT2D eigenvalue weighted by Crippen LogP contribution is 2.35. The third-order valence-corrected chi connectivity index (χ3v) is 2.39. The molecule has 0 radical (unpaired) electrons. The van der Waals surface area contributed by atoms with Crippen molar-refractivity contribution >= 4 is 16.6 Å². The van der Waals surface area contributed by atoms with Crippen LogP contribution in [-0.4, -0.2) is 12.1 Å². The van der Waals surface area contributed by atoms with Crippen molar-refractivity contribution in [2.75, 3.05) is 12.8 Å². The number of nitrogen functional groups attached to an aromatic ring is 1. The number of rotatable bonds is 1. The second-order valence-corrected chi connectivity index (χ2v) is 3.60. The van der Waals surface area contributed by atoms with E-state index >= 15 is 0 Å². The summed E-state index contributed by atoms with van der Waals surface area (Å²) in [5.41, 5.74) is 4.02. The van der Waals surface area contributed by atoms with Gasteiger partial charge in [0, 0.05) is 17.1 Å². The maximum absolute atomic E-state index is 13.2. The molecule has 0 aliphatic carbocycles. The Bertz CT molecular complexity index is 610. The second-order valence-electron chi connectivity index (χ2n) is 3.60. The standard InChI is InChI=1S/C11H8F4N2O/c1-18-8-3-5(12)2-6-7(16)4-9(11(13,14)15)17-10(6)8/h2-4H,1H3,(H2,16,17). The van der Waals surface area contributed by atoms with E-state index in [1.807, 2.05) is 0 Å². The van der Waals surface area contributed by atoms with E-state index in [0.717, 1.165) is 12.1 Å². The Hall–Kier alpha value is -2.05. The van der Waals surface area contributed by atoms with Gasteiger partial charge in [0.2, 0.25) is 0 Å². The van der Waals surface area contributed by atoms with Gasteiger partial charge in [0.1, 0.15) is 22.8 Å². The maximum Gasteiger partial charge on any atom is 0.433 e. The molecule has 1 aromatic carbocycles. The van der Waals surface area contributed by atoms with Gasteiger partial charge in [-0.1, -0.05) is 0 Å². The van der Waals surface area contributed by atoms with Crippen LogP contribution in [0, 0.1) is 5.82 Å². The van der Waals surface area contributed by atoms with E-state index in [1.54, 1.807) is 0 Å². The fourth-order valence-corrected chi connectivity index (χ4v) is 1.59. The molecule has 0 atom stereocenters. The molecule has 0 fully saturated rings. The van der Waals surface area contributed by atoms with Gasteiger partial charge in [-0.3, -0.25) is 0 Å². The first-order chi connectivity index (χ1) is 8.32. The van der Waals surface area contributed by atoms with Crippen molar-refractivity contribution in [2.45, 2.75) is 6.18 Å². The Labute approximate surface area is 99.2 Å². The van der Waals surface area contributed by atoms with Gasteiger partial charge < -0.3 is 10.5 Å². The predicted octanol–water partition coefficient (Wildman–Crippen LogP) is 2.98. The molecule has 0 spiro atoms. The molecule has 1 heterocycles. The first-order valence-corrected chi connectivity index (χ1v) is 4.84. The summed E-state index contributed by atoms with van der Waals surface area (Å²) in [5, 5.41) is 0.0832. The number of aromatic nitrogens is 1. The van der Waals surface area contributed by atoms with Crippen molar-refractivity contribution in [3.8, 4) is 5.75 Å². The number of alkyl halides is 3. The Morgan fingerprint density at radius 1 is 1.22 bits per heavy atom. The quantitative estimate of drug-likeness (QED) is 0.802. The van der Waals surface area contributed by atoms with Crippen LogP contribution in [-0.2, 0) is 6.18 Å². The lowest BCUT2D eigenvalue weighted by atomic mass is 10.1. The number of nitrogens with two attached hydrogens (primary N) is 1. The Morgan fingerprint density at radius 3 is 2.44 bits per heavy atom. The minimum Gasteiger partial charge on any atom is -0.494 e. The van der Waals surface area contributed by atoms with Crippen molar-refractivity contribution in [2.24, 2.45) is 0 Å². The highest BCUT2D eigenvalue weighted by atomic mass is 19.4. The normalized spacial score (nSPS) is 11.8. The summed E-state index contributed by atoms with van der Waals surface area (Å²) in [6.07, 6.45) is -4.62. The lowest BCUT2D eigenvalue weighted by Gasteiger charge is -2.11. The van der Waals surface area contributed by atoms with Crippen LogP contribution in [0.4, 0.5) is 23.2 Å². The number of hydrogen-bond donors (Lipinski definition) is 1. The monoisotopic (exact) mass is 260 g/mol. The fraction of sp³-hybridized carbons (Fsp3) is 0.182. The molecule has 18 heavy (non-hydrogen) atoms. The summed E-state index contributed by atoms with van der Waals surface area (Å²) in [7, 11) is 1.21. The fourth-order valence-electron chi connectivity index (χ4n) is 1.59. The molecule has 0 aliphatic rings. The largest absolute Gasteiger partial charge is 0.494 e. The molecular weight excluding hydrogens is 252 g/mol. The van der Waals surface area contributed by atoms with Gasteiger partial charge >= 0.3 is 6.18 Å². The van der Waals surface area contributed by atoms with Gasteiger partial charge in [-0.15, -0.1) is 0 Å². The van der Waals surface area contributed by atoms with Gasteiger partial charge in [0.05, 0.1) is 7.11 Å². The van der Waals surface area contributed by atoms with E-state index in [-0.39, 0.29) is 22.3 Å². The number of nitrogens with zero attached hydrogens (tertiary/aromatic N) is 1. The van der Waals surface area contributed by atoms with E-state index in [2.05, 4.69) is 4.98 Å². The Morgan fingerprint density at radius 2 is 1.89 bits per heavy atom. The number of fused-ring (bicyclic) bond motifs is 1. The van der Waals surface area contributed by atoms with Crippen LogP contribution in [0.25, 0.3) is 10.9 Å². The molecule has 0 unspecified atom stereocenters. The lowest BCUT2D eigenvalue weighted by Crippen LogP contribution is -2.09. The van der Waals surface area contributed by atoms with E-state index in [9.17, 15) is 17.6 Å². The summed E-state index contributed by atoms with van der Waals surface area (Å²) < 4.78 is 55.8. The number of ether oxygens (including phenoxy) is 1. The Balaban J connectivity index is 2.83. The first-order valence-electron chi connectivity index (χ1n) is 4.84. The molecular formula is C11H8F4N2O. The molecule has 96 valence electrons. The number of anilines is 1. The molecule has 0 bridgehead atoms. The van der Waals surface area contributed by atoms with Crippen LogP contribution < -0.4 is 10.5 Å². The predicted molar refractivity (Wildman–Crippen MR) is 57.7 cm³/mol. The zero-order valence-electron chi connectivity index (χ0n) is 9.18. The maximum atomic E-state index is 13.2. The number of hydrogen-bond acceptors (Lipinski definition) is 3. The first kappa shape index (κ1) is 12.4. The zero-order valence-corrected chi connectivity index (χ0v) is 9.18. The van der Waals surface area contributed by atoms with Crippen molar-refractivity contribution in [1.29, 1.82) is 0 Å². The van der Waals surface area contributed by atoms with Gasteiger partial charge in [0.15, 0.2) is 0 Å². The van der Waals surface area contributed by atoms with Gasteiger partial charge in [0.25, 0.3) is 0 Å². The van der Waals surface area contributed by atoms with Crippen LogP contribution in [0.3, 0.4) is 0 Å². The number of pyridine rings is 1. The molecule has 0 amide bonds. The summed E-state index contributed by atoms with van der Waals surface area (Å²) in [5.74, 6) is -0.754. The molecule has 1 aromatic heterocycles. The van der Waals surface area contributed by atoms with Crippen LogP contribution in [0.1, 0.15) is 5.69 Å². The van der Waals surface area contributed by atoms with E-state index in [4.69, 9.17) is 10.5 Å². The SMILES string of the molecule is COc1cc(F)cc2c(N)cc(C(F)(F)F)nc12. The lowest BCUT2D eigenvalue weighted by molar-refractivity contribution is -0.140. The summed E-state index contributed by atoms with van der Waals surface area (Å²) in [6.45, 7) is 0. The van der Waals surface area contributed by atoms with E-state index < -0.39 is 17.7 Å². The summed E-state index contributed by atoms with van der Waals surface area (Å²) >= 11 is 0. The number of halogens is 4. The van der Waals surface area contributed by atoms with E-state index in [1.165, 1.54) is 7.11 Å². The van der Waals surface area contributed by atoms with Crippen LogP contribution in [0.15, 0.2) is 18.2 Å². The topological polar surface area (TPSA) is 48.1 Å². The Kier molecular flexibility index (Phi) is 2.76. The third-order valence-electron chi connectivity index (χ3n) is 2.39. The molecule has 2 aromatic rings. The highest BCUT2D eigenvalue weighted by Gasteiger charge is 2.33. The number of methoxy groups -OCH3 is 1. The second kappa shape index (κ2) is 4.01. The zero-order chi connectivity index (χ0) is 13.5. The third kappa shape index (κ3) is 2.03. The molecule has 2 N–H and O–H groups in total. The molecule has 3 nitrogen and oxygen atoms in total. The number of benzene rings is 1. The van der Waals surface area contributed by atoms with Crippen LogP contribution >= 0.6 is 0 Å². The molecule has 7 heteroatoms. The smallest absolute Gasteiger partial charge is 0.433 e. The average molecular weight is 260 g/mol. The van der Waals surface area contributed by atoms with Crippen molar-refractivity contribution in [1.82, 2.24) is 4.98 Å². The molecule has 0 aliphatic heterocycles. The van der Waals surface area contributed by atoms with Gasteiger partial charge in [-0.05, 0) is 12.1 Å². The molecule has 0 saturated heterocycles. The summed E-state index contributed by atoms with van der Waals surface area (Å²) in [4.78, 5) is 3.42. The van der Waals surface area contributed by atoms with Crippen molar-refractivity contribution < 1.29 is 22.3 Å². The average Bonchev–Trinajstić information content (AvgIpc) is 2.27. The minimum absolute atomic E-state index is 0.0832. The molecule has 0 saturated carbocycles. The van der Waals surface area contributed by atoms with Crippen molar-refractivity contribution in [3.63, 3.8) is 0 Å². The van der Waals surface area contributed by atoms with Gasteiger partial charge in [-0.2, -0.15) is 13.2 Å². The molecule has 2 rings (SSSR count). The highest BCUT2D eigenvalue weighted by molar-refractivity contribution is 5.94. The van der Waals surface area contributed by atoms with Crippen molar-refractivity contribution in [3.05, 3.63) is 29.7 Å². The van der Waals surface area contributed by atoms with Crippen LogP contribution in [0.2, 0.25) is 0 Å². The summed E-state index contributed by atoms with van der Waals surface area (Å²) in [6, 6.07) is 2.64. The van der Waals surface area contributed by atoms with Gasteiger partial charge in [-0.25, -0.2) is 9.37 Å². The van der Waals surface area contributed by atoms with E-state index in [0.29, 0.717) is 6.07 Å². The minimum atomic E-state index is -4.62.